The highest BCUT2D eigenvalue weighted by Crippen LogP contribution is 2.28. The van der Waals surface area contributed by atoms with Gasteiger partial charge in [0.25, 0.3) is 0 Å². The molecule has 0 atom stereocenters. The predicted octanol–water partition coefficient (Wildman–Crippen LogP) is 1.70. The van der Waals surface area contributed by atoms with Crippen molar-refractivity contribution in [1.82, 2.24) is 0 Å². The summed E-state index contributed by atoms with van der Waals surface area (Å²) in [6.45, 7) is 19.6. The average molecular weight is 541 g/mol. The van der Waals surface area contributed by atoms with E-state index in [0.717, 1.165) is 0 Å². The smallest absolute Gasteiger partial charge is 0.415 e. The van der Waals surface area contributed by atoms with Crippen molar-refractivity contribution in [3.05, 3.63) is 0 Å². The maximum Gasteiger partial charge on any atom is 0.649 e. The molecule has 0 bridgehead atoms. The van der Waals surface area contributed by atoms with Crippen LogP contribution < -0.4 is 0 Å². The lowest BCUT2D eigenvalue weighted by Crippen LogP contribution is -2.66. The van der Waals surface area contributed by atoms with Gasteiger partial charge in [-0.15, -0.1) is 0 Å². The summed E-state index contributed by atoms with van der Waals surface area (Å²) in [5.74, 6) is 0. The molecule has 0 saturated carbocycles. The molecule has 0 rings (SSSR count). The Balaban J connectivity index is 5.85. The number of hydrogen-bond acceptors (Lipinski definition) is 10. The SMILES string of the molecule is C[Si](C)(O)O[Si](C)(C)O[Si](O)(O[Si](C)(C)O[Si](C)(C)O)O[Si](C)(C)O[Si](C)(C)O. The van der Waals surface area contributed by atoms with Crippen molar-refractivity contribution in [1.29, 1.82) is 0 Å². The van der Waals surface area contributed by atoms with Gasteiger partial charge >= 0.3 is 60.4 Å². The van der Waals surface area contributed by atoms with Crippen LogP contribution in [0.15, 0.2) is 0 Å². The van der Waals surface area contributed by atoms with E-state index in [9.17, 15) is 19.2 Å². The fraction of sp³-hybridized carbons (Fsp3) is 1.00. The summed E-state index contributed by atoms with van der Waals surface area (Å²) in [5, 5.41) is 0. The van der Waals surface area contributed by atoms with Gasteiger partial charge in [-0.1, -0.05) is 0 Å². The summed E-state index contributed by atoms with van der Waals surface area (Å²) in [6.07, 6.45) is 0. The van der Waals surface area contributed by atoms with Crippen LogP contribution in [0.2, 0.25) is 78.6 Å². The van der Waals surface area contributed by atoms with E-state index in [-0.39, 0.29) is 0 Å². The van der Waals surface area contributed by atoms with Crippen LogP contribution in [0.5, 0.6) is 0 Å². The van der Waals surface area contributed by atoms with Gasteiger partial charge in [0.15, 0.2) is 0 Å². The molecule has 0 fully saturated rings. The van der Waals surface area contributed by atoms with Crippen molar-refractivity contribution in [2.75, 3.05) is 0 Å². The molecule has 0 aromatic heterocycles. The van der Waals surface area contributed by atoms with Crippen LogP contribution in [0.4, 0.5) is 0 Å². The average Bonchev–Trinajstić information content (AvgIpc) is 2.10. The van der Waals surface area contributed by atoms with Crippen molar-refractivity contribution >= 4 is 60.4 Å². The van der Waals surface area contributed by atoms with Gasteiger partial charge < -0.3 is 43.9 Å². The maximum atomic E-state index is 11.3. The maximum absolute atomic E-state index is 11.3. The van der Waals surface area contributed by atoms with E-state index < -0.39 is 60.4 Å². The van der Waals surface area contributed by atoms with Crippen LogP contribution in [0.1, 0.15) is 0 Å². The molecular formula is C12H40O10Si7. The van der Waals surface area contributed by atoms with E-state index in [1.165, 1.54) is 0 Å². The van der Waals surface area contributed by atoms with Crippen molar-refractivity contribution in [3.8, 4) is 0 Å². The van der Waals surface area contributed by atoms with Crippen LogP contribution in [0, 0.1) is 0 Å². The first-order chi connectivity index (χ1) is 12.2. The lowest BCUT2D eigenvalue weighted by Gasteiger charge is -2.42. The number of rotatable bonds is 12. The van der Waals surface area contributed by atoms with Gasteiger partial charge in [0, 0.05) is 0 Å². The van der Waals surface area contributed by atoms with Crippen LogP contribution in [0.3, 0.4) is 0 Å². The van der Waals surface area contributed by atoms with E-state index in [0.29, 0.717) is 0 Å². The normalized spacial score (nSPS) is 15.7. The molecule has 0 saturated heterocycles. The Morgan fingerprint density at radius 1 is 0.345 bits per heavy atom. The Hall–Kier alpha value is 1.12. The molecule has 0 aliphatic heterocycles. The van der Waals surface area contributed by atoms with Crippen molar-refractivity contribution in [2.24, 2.45) is 0 Å². The van der Waals surface area contributed by atoms with Gasteiger partial charge in [-0.2, -0.15) is 0 Å². The third-order valence-corrected chi connectivity index (χ3v) is 23.5. The molecule has 4 N–H and O–H groups in total. The molecule has 29 heavy (non-hydrogen) atoms. The molecule has 176 valence electrons. The highest BCUT2D eigenvalue weighted by molar-refractivity contribution is 6.89. The first-order valence-corrected chi connectivity index (χ1v) is 28.0. The zero-order chi connectivity index (χ0) is 23.7. The summed E-state index contributed by atoms with van der Waals surface area (Å²) in [5.41, 5.74) is 0. The van der Waals surface area contributed by atoms with Crippen molar-refractivity contribution < 1.29 is 43.9 Å². The highest BCUT2D eigenvalue weighted by atomic mass is 28.5. The summed E-state index contributed by atoms with van der Waals surface area (Å²) < 4.78 is 35.0. The van der Waals surface area contributed by atoms with Gasteiger partial charge in [0.1, 0.15) is 0 Å². The minimum absolute atomic E-state index is 1.59. The summed E-state index contributed by atoms with van der Waals surface area (Å²) >= 11 is 0. The van der Waals surface area contributed by atoms with Gasteiger partial charge in [-0.3, -0.25) is 0 Å². The second-order valence-corrected chi connectivity index (χ2v) is 32.7. The predicted molar refractivity (Wildman–Crippen MR) is 126 cm³/mol. The van der Waals surface area contributed by atoms with Gasteiger partial charge in [0.05, 0.1) is 0 Å². The molecule has 0 spiro atoms. The Bertz CT molecular complexity index is 465. The molecule has 0 radical (unpaired) electrons. The minimum Gasteiger partial charge on any atom is -0.415 e. The highest BCUT2D eigenvalue weighted by Gasteiger charge is 2.57. The van der Waals surface area contributed by atoms with E-state index in [1.54, 1.807) is 78.6 Å². The summed E-state index contributed by atoms with van der Waals surface area (Å²) in [4.78, 5) is 41.8. The van der Waals surface area contributed by atoms with Crippen LogP contribution >= 0.6 is 0 Å². The molecule has 0 aromatic carbocycles. The van der Waals surface area contributed by atoms with E-state index in [1.807, 2.05) is 0 Å². The molecular weight excluding hydrogens is 501 g/mol. The zero-order valence-electron chi connectivity index (χ0n) is 19.7. The van der Waals surface area contributed by atoms with Gasteiger partial charge in [0.2, 0.25) is 0 Å². The molecule has 0 aromatic rings. The first kappa shape index (κ1) is 30.1. The Labute approximate surface area is 182 Å². The largest absolute Gasteiger partial charge is 0.649 e. The zero-order valence-corrected chi connectivity index (χ0v) is 26.7. The fourth-order valence-corrected chi connectivity index (χ4v) is 28.0. The van der Waals surface area contributed by atoms with Crippen LogP contribution in [0.25, 0.3) is 0 Å². The molecule has 10 nitrogen and oxygen atoms in total. The topological polar surface area (TPSA) is 136 Å². The van der Waals surface area contributed by atoms with Gasteiger partial charge in [-0.05, 0) is 78.6 Å². The van der Waals surface area contributed by atoms with Crippen LogP contribution in [-0.2, 0) is 24.7 Å². The Kier molecular flexibility index (Phi) is 9.91. The molecule has 0 heterocycles. The first-order valence-electron chi connectivity index (χ1n) is 9.34. The third-order valence-electron chi connectivity index (χ3n) is 2.61. The van der Waals surface area contributed by atoms with Crippen molar-refractivity contribution in [2.45, 2.75) is 78.6 Å². The minimum atomic E-state index is -4.41. The van der Waals surface area contributed by atoms with Crippen molar-refractivity contribution in [3.63, 3.8) is 0 Å². The second-order valence-electron chi connectivity index (χ2n) is 9.68. The number of hydrogen-bond donors (Lipinski definition) is 4. The molecule has 0 aliphatic carbocycles. The lowest BCUT2D eigenvalue weighted by molar-refractivity contribution is 0.101. The molecule has 0 aliphatic rings. The molecule has 0 unspecified atom stereocenters. The molecule has 17 heteroatoms. The van der Waals surface area contributed by atoms with E-state index >= 15 is 0 Å². The lowest BCUT2D eigenvalue weighted by atomic mass is 11.9. The Morgan fingerprint density at radius 2 is 0.517 bits per heavy atom. The van der Waals surface area contributed by atoms with E-state index in [2.05, 4.69) is 0 Å². The van der Waals surface area contributed by atoms with Gasteiger partial charge in [-0.25, -0.2) is 0 Å². The van der Waals surface area contributed by atoms with Crippen LogP contribution in [-0.4, -0.2) is 79.6 Å². The summed E-state index contributed by atoms with van der Waals surface area (Å²) in [7, 11) is -22.5. The van der Waals surface area contributed by atoms with E-state index in [4.69, 9.17) is 24.7 Å². The quantitative estimate of drug-likeness (QED) is 0.271. The molecule has 0 amide bonds. The Morgan fingerprint density at radius 3 is 0.655 bits per heavy atom. The monoisotopic (exact) mass is 540 g/mol. The third kappa shape index (κ3) is 15.5. The summed E-state index contributed by atoms with van der Waals surface area (Å²) in [6, 6.07) is 0. The second kappa shape index (κ2) is 9.54. The fourth-order valence-electron chi connectivity index (χ4n) is 2.86. The standard InChI is InChI=1S/C12H40O10Si7/c1-23(2,13)17-26(7,8)20-29(16,21-27(9,10)18-24(3,4)14)22-28(11,12)19-25(5,6)15/h13-16H,1-12H3.